The Bertz CT molecular complexity index is 757. The summed E-state index contributed by atoms with van der Waals surface area (Å²) in [5, 5.41) is 12.7. The van der Waals surface area contributed by atoms with Gasteiger partial charge in [0.05, 0.1) is 24.0 Å². The molecule has 2 bridgehead atoms. The number of amides is 1. The van der Waals surface area contributed by atoms with Crippen molar-refractivity contribution >= 4 is 17.6 Å². The maximum atomic E-state index is 13.1. The second-order valence-corrected chi connectivity index (χ2v) is 9.93. The van der Waals surface area contributed by atoms with Crippen molar-refractivity contribution in [2.24, 2.45) is 11.8 Å². The molecule has 5 heteroatoms. The fourth-order valence-corrected chi connectivity index (χ4v) is 4.31. The first-order valence-electron chi connectivity index (χ1n) is 9.74. The minimum absolute atomic E-state index is 0.0466. The second-order valence-electron chi connectivity index (χ2n) is 9.93. The molecule has 2 fully saturated rings. The number of carboxylic acid groups (broad SMARTS) is 1. The van der Waals surface area contributed by atoms with Crippen LogP contribution in [0.4, 0.5) is 5.69 Å². The van der Waals surface area contributed by atoms with Gasteiger partial charge in [0.25, 0.3) is 0 Å². The van der Waals surface area contributed by atoms with Crippen LogP contribution < -0.4 is 5.32 Å². The number of benzene rings is 1. The van der Waals surface area contributed by atoms with E-state index < -0.39 is 17.8 Å². The monoisotopic (exact) mass is 373 g/mol. The lowest BCUT2D eigenvalue weighted by Crippen LogP contribution is -2.41. The third-order valence-electron chi connectivity index (χ3n) is 5.81. The van der Waals surface area contributed by atoms with E-state index in [1.165, 1.54) is 0 Å². The van der Waals surface area contributed by atoms with Crippen molar-refractivity contribution < 1.29 is 19.4 Å². The fourth-order valence-electron chi connectivity index (χ4n) is 4.31. The van der Waals surface area contributed by atoms with Crippen molar-refractivity contribution in [2.45, 2.75) is 77.4 Å². The highest BCUT2D eigenvalue weighted by Gasteiger charge is 2.55. The Morgan fingerprint density at radius 1 is 1.00 bits per heavy atom. The van der Waals surface area contributed by atoms with Crippen molar-refractivity contribution in [3.8, 4) is 0 Å². The average molecular weight is 373 g/mol. The Hall–Kier alpha value is -1.88. The number of anilines is 1. The van der Waals surface area contributed by atoms with Crippen molar-refractivity contribution in [2.75, 3.05) is 5.32 Å². The molecular weight excluding hydrogens is 342 g/mol. The molecule has 2 heterocycles. The summed E-state index contributed by atoms with van der Waals surface area (Å²) in [6.07, 6.45) is 0.838. The van der Waals surface area contributed by atoms with Gasteiger partial charge in [0.1, 0.15) is 0 Å². The Labute approximate surface area is 161 Å². The van der Waals surface area contributed by atoms with Gasteiger partial charge in [-0.2, -0.15) is 0 Å². The zero-order valence-electron chi connectivity index (χ0n) is 17.1. The van der Waals surface area contributed by atoms with E-state index in [4.69, 9.17) is 4.74 Å². The number of aliphatic carboxylic acids is 1. The number of carbonyl (C=O) groups excluding carboxylic acids is 1. The molecule has 5 nitrogen and oxygen atoms in total. The molecule has 2 unspecified atom stereocenters. The summed E-state index contributed by atoms with van der Waals surface area (Å²) >= 11 is 0. The highest BCUT2D eigenvalue weighted by Crippen LogP contribution is 2.44. The predicted octanol–water partition coefficient (Wildman–Crippen LogP) is 4.10. The van der Waals surface area contributed by atoms with Crippen LogP contribution in [0.25, 0.3) is 0 Å². The van der Waals surface area contributed by atoms with E-state index in [1.807, 2.05) is 6.07 Å². The van der Waals surface area contributed by atoms with E-state index in [0.717, 1.165) is 29.7 Å². The summed E-state index contributed by atoms with van der Waals surface area (Å²) < 4.78 is 5.75. The topological polar surface area (TPSA) is 75.6 Å². The van der Waals surface area contributed by atoms with Crippen LogP contribution in [-0.2, 0) is 25.2 Å². The van der Waals surface area contributed by atoms with E-state index in [2.05, 4.69) is 59.0 Å². The molecule has 148 valence electrons. The lowest BCUT2D eigenvalue weighted by atomic mass is 9.78. The summed E-state index contributed by atoms with van der Waals surface area (Å²) in [7, 11) is 0. The standard InChI is InChI=1S/C22H31NO4/c1-21(2,3)12-7-8-13(22(4,5)6)14(11-12)23-19(24)17-15-9-10-16(27-15)18(17)20(25)26/h7-8,11,15-18H,9-10H2,1-6H3,(H,23,24)(H,25,26)/t15-,16+,17?,18?/m1/s1. The van der Waals surface area contributed by atoms with Gasteiger partial charge in [-0.25, -0.2) is 0 Å². The van der Waals surface area contributed by atoms with Crippen molar-refractivity contribution in [1.82, 2.24) is 0 Å². The molecule has 2 aliphatic rings. The van der Waals surface area contributed by atoms with Crippen LogP contribution in [0.3, 0.4) is 0 Å². The SMILES string of the molecule is CC(C)(C)c1ccc(C(C)(C)C)c(NC(=O)C2C(C(=O)O)[C@@H]3CC[C@H]2O3)c1. The number of ether oxygens (including phenoxy) is 1. The van der Waals surface area contributed by atoms with E-state index in [9.17, 15) is 14.7 Å². The Kier molecular flexibility index (Phi) is 4.87. The van der Waals surface area contributed by atoms with E-state index in [1.54, 1.807) is 0 Å². The van der Waals surface area contributed by atoms with Gasteiger partial charge in [0.15, 0.2) is 0 Å². The summed E-state index contributed by atoms with van der Waals surface area (Å²) in [5.74, 6) is -2.58. The zero-order valence-corrected chi connectivity index (χ0v) is 17.1. The molecule has 2 saturated heterocycles. The van der Waals surface area contributed by atoms with Gasteiger partial charge in [0.2, 0.25) is 5.91 Å². The molecular formula is C22H31NO4. The lowest BCUT2D eigenvalue weighted by molar-refractivity contribution is -0.147. The number of fused-ring (bicyclic) bond motifs is 2. The maximum absolute atomic E-state index is 13.1. The Morgan fingerprint density at radius 2 is 1.59 bits per heavy atom. The minimum atomic E-state index is -0.943. The average Bonchev–Trinajstić information content (AvgIpc) is 3.13. The third-order valence-corrected chi connectivity index (χ3v) is 5.81. The van der Waals surface area contributed by atoms with Crippen LogP contribution in [0, 0.1) is 11.8 Å². The largest absolute Gasteiger partial charge is 0.481 e. The number of carbonyl (C=O) groups is 2. The first-order chi connectivity index (χ1) is 12.4. The van der Waals surface area contributed by atoms with E-state index >= 15 is 0 Å². The number of rotatable bonds is 3. The van der Waals surface area contributed by atoms with Crippen LogP contribution in [0.5, 0.6) is 0 Å². The van der Waals surface area contributed by atoms with Crippen LogP contribution in [-0.4, -0.2) is 29.2 Å². The van der Waals surface area contributed by atoms with Gasteiger partial charge >= 0.3 is 5.97 Å². The molecule has 4 atom stereocenters. The molecule has 0 radical (unpaired) electrons. The molecule has 2 aliphatic heterocycles. The van der Waals surface area contributed by atoms with Gasteiger partial charge in [-0.15, -0.1) is 0 Å². The van der Waals surface area contributed by atoms with Gasteiger partial charge in [0, 0.05) is 5.69 Å². The maximum Gasteiger partial charge on any atom is 0.310 e. The van der Waals surface area contributed by atoms with Crippen LogP contribution in [0.2, 0.25) is 0 Å². The van der Waals surface area contributed by atoms with Crippen molar-refractivity contribution in [3.05, 3.63) is 29.3 Å². The lowest BCUT2D eigenvalue weighted by Gasteiger charge is -2.29. The molecule has 3 rings (SSSR count). The highest BCUT2D eigenvalue weighted by molar-refractivity contribution is 5.97. The van der Waals surface area contributed by atoms with E-state index in [-0.39, 0.29) is 28.9 Å². The zero-order chi connectivity index (χ0) is 20.1. The molecule has 1 aromatic carbocycles. The van der Waals surface area contributed by atoms with Gasteiger partial charge in [-0.3, -0.25) is 9.59 Å². The van der Waals surface area contributed by atoms with Crippen molar-refractivity contribution in [3.63, 3.8) is 0 Å². The van der Waals surface area contributed by atoms with E-state index in [0.29, 0.717) is 0 Å². The fraction of sp³-hybridized carbons (Fsp3) is 0.636. The van der Waals surface area contributed by atoms with Crippen LogP contribution >= 0.6 is 0 Å². The predicted molar refractivity (Wildman–Crippen MR) is 105 cm³/mol. The summed E-state index contributed by atoms with van der Waals surface area (Å²) in [5.41, 5.74) is 2.75. The molecule has 0 aromatic heterocycles. The molecule has 1 aromatic rings. The van der Waals surface area contributed by atoms with Crippen LogP contribution in [0.1, 0.15) is 65.5 Å². The highest BCUT2D eigenvalue weighted by atomic mass is 16.5. The van der Waals surface area contributed by atoms with Gasteiger partial charge in [-0.1, -0.05) is 53.7 Å². The number of hydrogen-bond acceptors (Lipinski definition) is 3. The summed E-state index contributed by atoms with van der Waals surface area (Å²) in [4.78, 5) is 24.8. The number of carboxylic acids is 1. The smallest absolute Gasteiger partial charge is 0.310 e. The summed E-state index contributed by atoms with van der Waals surface area (Å²) in [6, 6.07) is 6.21. The van der Waals surface area contributed by atoms with Gasteiger partial charge in [-0.05, 0) is 40.9 Å². The molecule has 0 spiro atoms. The molecule has 1 amide bonds. The first kappa shape index (κ1) is 19.9. The third kappa shape index (κ3) is 3.75. The molecule has 27 heavy (non-hydrogen) atoms. The molecule has 0 aliphatic carbocycles. The Balaban J connectivity index is 1.94. The summed E-state index contributed by atoms with van der Waals surface area (Å²) in [6.45, 7) is 12.7. The molecule has 2 N–H and O–H groups in total. The quantitative estimate of drug-likeness (QED) is 0.836. The first-order valence-corrected chi connectivity index (χ1v) is 9.74. The molecule has 0 saturated carbocycles. The van der Waals surface area contributed by atoms with Gasteiger partial charge < -0.3 is 15.2 Å². The minimum Gasteiger partial charge on any atom is -0.481 e. The Morgan fingerprint density at radius 3 is 2.11 bits per heavy atom. The number of nitrogens with one attached hydrogen (secondary N) is 1. The second kappa shape index (κ2) is 6.62. The number of hydrogen-bond donors (Lipinski definition) is 2. The normalized spacial score (nSPS) is 27.6. The van der Waals surface area contributed by atoms with Crippen molar-refractivity contribution in [1.29, 1.82) is 0 Å². The van der Waals surface area contributed by atoms with Crippen LogP contribution in [0.15, 0.2) is 18.2 Å².